The Bertz CT molecular complexity index is 625. The van der Waals surface area contributed by atoms with Crippen LogP contribution in [-0.2, 0) is 11.2 Å². The second-order valence-electron chi connectivity index (χ2n) is 3.65. The van der Waals surface area contributed by atoms with E-state index in [4.69, 9.17) is 4.42 Å². The van der Waals surface area contributed by atoms with Crippen molar-refractivity contribution in [2.45, 2.75) is 13.3 Å². The Hall–Kier alpha value is -2.10. The van der Waals surface area contributed by atoms with Crippen LogP contribution in [0.4, 0.5) is 0 Å². The molecule has 0 saturated carbocycles. The maximum Gasteiger partial charge on any atom is 0.345 e. The number of rotatable bonds is 2. The summed E-state index contributed by atoms with van der Waals surface area (Å²) in [6.45, 7) is 1.99. The number of carbonyl (C=O) groups is 1. The lowest BCUT2D eigenvalue weighted by atomic mass is 10.1. The second-order valence-corrected chi connectivity index (χ2v) is 3.65. The highest BCUT2D eigenvalue weighted by Gasteiger charge is 2.14. The molecule has 0 bridgehead atoms. The summed E-state index contributed by atoms with van der Waals surface area (Å²) in [6.07, 6.45) is 1.96. The molecule has 17 heavy (non-hydrogen) atoms. The van der Waals surface area contributed by atoms with Crippen molar-refractivity contribution < 1.29 is 13.9 Å². The van der Waals surface area contributed by atoms with E-state index in [9.17, 15) is 9.59 Å². The van der Waals surface area contributed by atoms with Crippen LogP contribution in [0.1, 0.15) is 22.8 Å². The van der Waals surface area contributed by atoms with Crippen molar-refractivity contribution in [3.63, 3.8) is 0 Å². The number of carbonyl (C=O) groups excluding carboxylic acids is 1. The number of hydrogen-bond acceptors (Lipinski definition) is 4. The van der Waals surface area contributed by atoms with Crippen molar-refractivity contribution in [3.05, 3.63) is 45.8 Å². The summed E-state index contributed by atoms with van der Waals surface area (Å²) in [5, 5.41) is 0.409. The fraction of sp³-hybridized carbons (Fsp3) is 0.231. The van der Waals surface area contributed by atoms with Gasteiger partial charge in [-0.25, -0.2) is 4.79 Å². The van der Waals surface area contributed by atoms with Crippen LogP contribution in [0.2, 0.25) is 0 Å². The Morgan fingerprint density at radius 3 is 2.82 bits per heavy atom. The Kier molecular flexibility index (Phi) is 2.95. The van der Waals surface area contributed by atoms with Gasteiger partial charge in [-0.1, -0.05) is 13.0 Å². The van der Waals surface area contributed by atoms with Crippen LogP contribution in [0, 0.1) is 0 Å². The van der Waals surface area contributed by atoms with Gasteiger partial charge in [0.15, 0.2) is 0 Å². The lowest BCUT2D eigenvalue weighted by Crippen LogP contribution is -2.16. The summed E-state index contributed by atoms with van der Waals surface area (Å²) >= 11 is 0. The van der Waals surface area contributed by atoms with E-state index >= 15 is 0 Å². The molecule has 0 atom stereocenters. The van der Waals surface area contributed by atoms with Gasteiger partial charge in [0.05, 0.1) is 12.5 Å². The molecule has 4 heteroatoms. The maximum absolute atomic E-state index is 12.0. The Morgan fingerprint density at radius 1 is 1.41 bits per heavy atom. The van der Waals surface area contributed by atoms with Gasteiger partial charge < -0.3 is 9.15 Å². The third kappa shape index (κ3) is 1.93. The summed E-state index contributed by atoms with van der Waals surface area (Å²) in [7, 11) is 1.23. The number of aryl methyl sites for hydroxylation is 1. The van der Waals surface area contributed by atoms with E-state index < -0.39 is 5.97 Å². The van der Waals surface area contributed by atoms with E-state index in [1.54, 1.807) is 12.1 Å². The first-order chi connectivity index (χ1) is 8.17. The zero-order valence-electron chi connectivity index (χ0n) is 9.65. The van der Waals surface area contributed by atoms with E-state index in [2.05, 4.69) is 4.74 Å². The Labute approximate surface area is 97.8 Å². The number of hydrogen-bond donors (Lipinski definition) is 0. The fourth-order valence-corrected chi connectivity index (χ4v) is 1.65. The van der Waals surface area contributed by atoms with Crippen LogP contribution in [0.3, 0.4) is 0 Å². The minimum absolute atomic E-state index is 0.0757. The molecule has 0 fully saturated rings. The van der Waals surface area contributed by atoms with E-state index in [1.165, 1.54) is 7.11 Å². The van der Waals surface area contributed by atoms with Crippen LogP contribution in [0.5, 0.6) is 0 Å². The molecule has 2 rings (SSSR count). The lowest BCUT2D eigenvalue weighted by Gasteiger charge is -2.02. The number of esters is 1. The molecule has 4 nitrogen and oxygen atoms in total. The minimum Gasteiger partial charge on any atom is -0.465 e. The van der Waals surface area contributed by atoms with Gasteiger partial charge in [-0.05, 0) is 24.1 Å². The zero-order valence-corrected chi connectivity index (χ0v) is 9.65. The van der Waals surface area contributed by atoms with E-state index in [-0.39, 0.29) is 11.0 Å². The van der Waals surface area contributed by atoms with Gasteiger partial charge in [0.1, 0.15) is 17.4 Å². The van der Waals surface area contributed by atoms with Crippen LogP contribution in [-0.4, -0.2) is 13.1 Å². The average Bonchev–Trinajstić information content (AvgIpc) is 2.38. The normalized spacial score (nSPS) is 10.5. The van der Waals surface area contributed by atoms with Crippen molar-refractivity contribution in [3.8, 4) is 0 Å². The van der Waals surface area contributed by atoms with Gasteiger partial charge in [0.25, 0.3) is 0 Å². The predicted molar refractivity (Wildman–Crippen MR) is 63.2 cm³/mol. The molecule has 0 unspecified atom stereocenters. The third-order valence-corrected chi connectivity index (χ3v) is 2.65. The van der Waals surface area contributed by atoms with Crippen molar-refractivity contribution in [1.82, 2.24) is 0 Å². The first-order valence-electron chi connectivity index (χ1n) is 5.30. The van der Waals surface area contributed by atoms with Crippen LogP contribution >= 0.6 is 0 Å². The molecule has 1 aromatic carbocycles. The summed E-state index contributed by atoms with van der Waals surface area (Å²) in [6, 6.07) is 5.37. The molecular formula is C13H12O4. The monoisotopic (exact) mass is 232 g/mol. The quantitative estimate of drug-likeness (QED) is 0.744. The molecule has 0 aliphatic carbocycles. The highest BCUT2D eigenvalue weighted by molar-refractivity contribution is 5.92. The predicted octanol–water partition coefficient (Wildman–Crippen LogP) is 2.14. The minimum atomic E-state index is -0.678. The molecule has 1 heterocycles. The van der Waals surface area contributed by atoms with Gasteiger partial charge in [-0.3, -0.25) is 4.79 Å². The third-order valence-electron chi connectivity index (χ3n) is 2.65. The SMILES string of the molecule is CCc1ccc2occ(C(=O)OC)c(=O)c2c1. The van der Waals surface area contributed by atoms with Crippen molar-refractivity contribution in [1.29, 1.82) is 0 Å². The standard InChI is InChI=1S/C13H12O4/c1-3-8-4-5-11-9(6-8)12(14)10(7-17-11)13(15)16-2/h4-7H,3H2,1-2H3. The second kappa shape index (κ2) is 4.41. The maximum atomic E-state index is 12.0. The highest BCUT2D eigenvalue weighted by Crippen LogP contribution is 2.14. The molecule has 0 aliphatic rings. The first-order valence-corrected chi connectivity index (χ1v) is 5.30. The Balaban J connectivity index is 2.73. The van der Waals surface area contributed by atoms with Crippen LogP contribution in [0.25, 0.3) is 11.0 Å². The molecular weight excluding hydrogens is 220 g/mol. The van der Waals surface area contributed by atoms with Crippen LogP contribution < -0.4 is 5.43 Å². The van der Waals surface area contributed by atoms with Crippen LogP contribution in [0.15, 0.2) is 33.7 Å². The van der Waals surface area contributed by atoms with Crippen molar-refractivity contribution in [2.75, 3.05) is 7.11 Å². The molecule has 0 spiro atoms. The number of benzene rings is 1. The molecule has 0 radical (unpaired) electrons. The number of fused-ring (bicyclic) bond motifs is 1. The van der Waals surface area contributed by atoms with E-state index in [1.807, 2.05) is 13.0 Å². The smallest absolute Gasteiger partial charge is 0.345 e. The topological polar surface area (TPSA) is 56.5 Å². The fourth-order valence-electron chi connectivity index (χ4n) is 1.65. The Morgan fingerprint density at radius 2 is 2.18 bits per heavy atom. The molecule has 0 aliphatic heterocycles. The molecule has 2 aromatic rings. The molecule has 1 aromatic heterocycles. The van der Waals surface area contributed by atoms with E-state index in [0.717, 1.165) is 18.2 Å². The molecule has 88 valence electrons. The summed E-state index contributed by atoms with van der Waals surface area (Å²) in [4.78, 5) is 23.4. The van der Waals surface area contributed by atoms with Gasteiger partial charge in [0.2, 0.25) is 5.43 Å². The molecule has 0 N–H and O–H groups in total. The van der Waals surface area contributed by atoms with Gasteiger partial charge >= 0.3 is 5.97 Å². The van der Waals surface area contributed by atoms with Gasteiger partial charge in [-0.15, -0.1) is 0 Å². The number of methoxy groups -OCH3 is 1. The average molecular weight is 232 g/mol. The lowest BCUT2D eigenvalue weighted by molar-refractivity contribution is 0.0597. The van der Waals surface area contributed by atoms with Crippen molar-refractivity contribution >= 4 is 16.9 Å². The van der Waals surface area contributed by atoms with E-state index in [0.29, 0.717) is 11.0 Å². The summed E-state index contributed by atoms with van der Waals surface area (Å²) in [5.74, 6) is -0.678. The zero-order chi connectivity index (χ0) is 12.4. The summed E-state index contributed by atoms with van der Waals surface area (Å²) in [5.41, 5.74) is 1.06. The summed E-state index contributed by atoms with van der Waals surface area (Å²) < 4.78 is 9.77. The number of ether oxygens (including phenoxy) is 1. The van der Waals surface area contributed by atoms with Crippen molar-refractivity contribution in [2.24, 2.45) is 0 Å². The molecule has 0 saturated heterocycles. The largest absolute Gasteiger partial charge is 0.465 e. The van der Waals surface area contributed by atoms with Gasteiger partial charge in [-0.2, -0.15) is 0 Å². The highest BCUT2D eigenvalue weighted by atomic mass is 16.5. The first kappa shape index (κ1) is 11.4. The molecule has 0 amide bonds. The van der Waals surface area contributed by atoms with Gasteiger partial charge in [0, 0.05) is 0 Å².